The number of rotatable bonds is 7. The zero-order valence-electron chi connectivity index (χ0n) is 13.8. The number of aliphatic imine (C=N–C) groups is 1. The molecule has 0 aliphatic carbocycles. The van der Waals surface area contributed by atoms with Gasteiger partial charge in [-0.2, -0.15) is 0 Å². The number of benzene rings is 1. The molecule has 7 heteroatoms. The maximum atomic E-state index is 5.68. The molecule has 0 spiro atoms. The lowest BCUT2D eigenvalue weighted by atomic mass is 10.3. The van der Waals surface area contributed by atoms with Crippen molar-refractivity contribution in [1.29, 1.82) is 0 Å². The number of hydrogen-bond donors (Lipinski definition) is 2. The van der Waals surface area contributed by atoms with Gasteiger partial charge in [-0.15, -0.1) is 0 Å². The van der Waals surface area contributed by atoms with Crippen molar-refractivity contribution < 1.29 is 18.9 Å². The summed E-state index contributed by atoms with van der Waals surface area (Å²) < 4.78 is 21.6. The molecule has 0 saturated heterocycles. The van der Waals surface area contributed by atoms with Gasteiger partial charge in [0.1, 0.15) is 0 Å². The summed E-state index contributed by atoms with van der Waals surface area (Å²) in [6.07, 6.45) is 0.893. The molecule has 0 bridgehead atoms. The number of nitrogens with one attached hydrogen (secondary N) is 2. The average Bonchev–Trinajstić information content (AvgIpc) is 2.81. The fraction of sp³-hybridized carbons (Fsp3) is 0.562. The lowest BCUT2D eigenvalue weighted by molar-refractivity contribution is 0.0734. The van der Waals surface area contributed by atoms with Crippen LogP contribution in [-0.4, -0.2) is 59.7 Å². The minimum Gasteiger partial charge on any atom is -0.490 e. The zero-order valence-corrected chi connectivity index (χ0v) is 13.8. The first-order valence-electron chi connectivity index (χ1n) is 7.77. The van der Waals surface area contributed by atoms with E-state index in [-0.39, 0.29) is 0 Å². The third-order valence-corrected chi connectivity index (χ3v) is 3.20. The van der Waals surface area contributed by atoms with Gasteiger partial charge in [-0.05, 0) is 12.1 Å². The van der Waals surface area contributed by atoms with Gasteiger partial charge in [-0.25, -0.2) is 0 Å². The monoisotopic (exact) mass is 323 g/mol. The summed E-state index contributed by atoms with van der Waals surface area (Å²) in [4.78, 5) is 4.19. The molecule has 1 aliphatic rings. The van der Waals surface area contributed by atoms with Crippen LogP contribution in [0.15, 0.2) is 23.2 Å². The molecule has 128 valence electrons. The van der Waals surface area contributed by atoms with Crippen LogP contribution in [0, 0.1) is 0 Å². The van der Waals surface area contributed by atoms with Crippen molar-refractivity contribution in [3.63, 3.8) is 0 Å². The third-order valence-electron chi connectivity index (χ3n) is 3.20. The summed E-state index contributed by atoms with van der Waals surface area (Å²) in [5, 5.41) is 6.41. The standard InChI is InChI=1S/C16H25N3O4/c1-17-16(18-6-9-21-11-10-20-2)19-13-4-5-14-15(12-13)23-8-3-7-22-14/h4-5,12H,3,6-11H2,1-2H3,(H2,17,18,19). The van der Waals surface area contributed by atoms with Crippen LogP contribution in [0.25, 0.3) is 0 Å². The van der Waals surface area contributed by atoms with E-state index in [2.05, 4.69) is 15.6 Å². The molecule has 2 N–H and O–H groups in total. The van der Waals surface area contributed by atoms with Crippen molar-refractivity contribution in [1.82, 2.24) is 5.32 Å². The number of fused-ring (bicyclic) bond motifs is 1. The minimum absolute atomic E-state index is 0.588. The minimum atomic E-state index is 0.588. The van der Waals surface area contributed by atoms with Gasteiger partial charge in [0.15, 0.2) is 17.5 Å². The first-order chi connectivity index (χ1) is 11.3. The van der Waals surface area contributed by atoms with Crippen molar-refractivity contribution in [2.75, 3.05) is 59.1 Å². The van der Waals surface area contributed by atoms with Gasteiger partial charge in [-0.1, -0.05) is 0 Å². The van der Waals surface area contributed by atoms with Crippen LogP contribution >= 0.6 is 0 Å². The molecule has 0 amide bonds. The highest BCUT2D eigenvalue weighted by atomic mass is 16.5. The van der Waals surface area contributed by atoms with Gasteiger partial charge in [0.2, 0.25) is 0 Å². The second-order valence-corrected chi connectivity index (χ2v) is 4.94. The number of hydrogen-bond acceptors (Lipinski definition) is 5. The SMILES string of the molecule is CN=C(NCCOCCOC)Nc1ccc2c(c1)OCCCO2. The van der Waals surface area contributed by atoms with E-state index in [0.29, 0.717) is 45.5 Å². The molecule has 1 aromatic rings. The summed E-state index contributed by atoms with van der Waals surface area (Å²) in [6.45, 7) is 3.80. The molecular formula is C16H25N3O4. The summed E-state index contributed by atoms with van der Waals surface area (Å²) in [6, 6.07) is 5.77. The molecule has 0 radical (unpaired) electrons. The van der Waals surface area contributed by atoms with Crippen molar-refractivity contribution in [3.05, 3.63) is 18.2 Å². The maximum absolute atomic E-state index is 5.68. The molecule has 0 saturated carbocycles. The number of ether oxygens (including phenoxy) is 4. The predicted octanol–water partition coefficient (Wildman–Crippen LogP) is 1.50. The molecule has 1 heterocycles. The molecular weight excluding hydrogens is 298 g/mol. The van der Waals surface area contributed by atoms with Gasteiger partial charge in [-0.3, -0.25) is 4.99 Å². The Bertz CT molecular complexity index is 508. The topological polar surface area (TPSA) is 73.3 Å². The number of methoxy groups -OCH3 is 1. The second kappa shape index (κ2) is 9.91. The van der Waals surface area contributed by atoms with Gasteiger partial charge in [0, 0.05) is 38.9 Å². The predicted molar refractivity (Wildman–Crippen MR) is 89.7 cm³/mol. The first kappa shape index (κ1) is 17.4. The van der Waals surface area contributed by atoms with E-state index in [9.17, 15) is 0 Å². The molecule has 0 atom stereocenters. The van der Waals surface area contributed by atoms with Crippen LogP contribution in [0.1, 0.15) is 6.42 Å². The molecule has 2 rings (SSSR count). The van der Waals surface area contributed by atoms with Crippen molar-refractivity contribution >= 4 is 11.6 Å². The lowest BCUT2D eigenvalue weighted by Gasteiger charge is -2.14. The Kier molecular flexibility index (Phi) is 7.48. The smallest absolute Gasteiger partial charge is 0.195 e. The van der Waals surface area contributed by atoms with Crippen LogP contribution in [0.2, 0.25) is 0 Å². The Hall–Kier alpha value is -1.99. The summed E-state index contributed by atoms with van der Waals surface area (Å²) in [7, 11) is 3.38. The Balaban J connectivity index is 1.81. The number of anilines is 1. The van der Waals surface area contributed by atoms with Crippen LogP contribution in [0.4, 0.5) is 5.69 Å². The van der Waals surface area contributed by atoms with E-state index in [1.165, 1.54) is 0 Å². The Morgan fingerprint density at radius 1 is 1.17 bits per heavy atom. The highest BCUT2D eigenvalue weighted by molar-refractivity contribution is 5.93. The van der Waals surface area contributed by atoms with E-state index in [1.807, 2.05) is 18.2 Å². The van der Waals surface area contributed by atoms with Crippen LogP contribution in [-0.2, 0) is 9.47 Å². The molecule has 0 fully saturated rings. The fourth-order valence-electron chi connectivity index (χ4n) is 2.04. The molecule has 7 nitrogen and oxygen atoms in total. The first-order valence-corrected chi connectivity index (χ1v) is 7.77. The van der Waals surface area contributed by atoms with E-state index in [0.717, 1.165) is 23.6 Å². The average molecular weight is 323 g/mol. The van der Waals surface area contributed by atoms with Crippen molar-refractivity contribution in [3.8, 4) is 11.5 Å². The highest BCUT2D eigenvalue weighted by Gasteiger charge is 2.11. The van der Waals surface area contributed by atoms with Gasteiger partial charge < -0.3 is 29.6 Å². The van der Waals surface area contributed by atoms with E-state index < -0.39 is 0 Å². The van der Waals surface area contributed by atoms with E-state index >= 15 is 0 Å². The van der Waals surface area contributed by atoms with Gasteiger partial charge >= 0.3 is 0 Å². The van der Waals surface area contributed by atoms with Crippen LogP contribution < -0.4 is 20.1 Å². The highest BCUT2D eigenvalue weighted by Crippen LogP contribution is 2.32. The Morgan fingerprint density at radius 2 is 2.00 bits per heavy atom. The van der Waals surface area contributed by atoms with Crippen molar-refractivity contribution in [2.24, 2.45) is 4.99 Å². The largest absolute Gasteiger partial charge is 0.490 e. The summed E-state index contributed by atoms with van der Waals surface area (Å²) in [5.74, 6) is 2.21. The van der Waals surface area contributed by atoms with Crippen molar-refractivity contribution in [2.45, 2.75) is 6.42 Å². The Labute approximate surface area is 137 Å². The number of guanidine groups is 1. The number of nitrogens with zero attached hydrogens (tertiary/aromatic N) is 1. The quantitative estimate of drug-likeness (QED) is 0.450. The van der Waals surface area contributed by atoms with Gasteiger partial charge in [0.05, 0.1) is 33.0 Å². The maximum Gasteiger partial charge on any atom is 0.195 e. The van der Waals surface area contributed by atoms with Crippen LogP contribution in [0.3, 0.4) is 0 Å². The fourth-order valence-corrected chi connectivity index (χ4v) is 2.04. The van der Waals surface area contributed by atoms with Crippen LogP contribution in [0.5, 0.6) is 11.5 Å². The van der Waals surface area contributed by atoms with E-state index in [1.54, 1.807) is 14.2 Å². The molecule has 0 unspecified atom stereocenters. The van der Waals surface area contributed by atoms with Gasteiger partial charge in [0.25, 0.3) is 0 Å². The molecule has 23 heavy (non-hydrogen) atoms. The summed E-state index contributed by atoms with van der Waals surface area (Å²) >= 11 is 0. The normalized spacial score (nSPS) is 14.3. The molecule has 1 aromatic carbocycles. The molecule has 1 aliphatic heterocycles. The lowest BCUT2D eigenvalue weighted by Crippen LogP contribution is -2.33. The Morgan fingerprint density at radius 3 is 2.78 bits per heavy atom. The molecule has 0 aromatic heterocycles. The van der Waals surface area contributed by atoms with E-state index in [4.69, 9.17) is 18.9 Å². The summed E-state index contributed by atoms with van der Waals surface area (Å²) in [5.41, 5.74) is 0.891. The third kappa shape index (κ3) is 5.96. The second-order valence-electron chi connectivity index (χ2n) is 4.94. The zero-order chi connectivity index (χ0) is 16.3.